The van der Waals surface area contributed by atoms with Crippen LogP contribution in [0.25, 0.3) is 5.65 Å². The highest BCUT2D eigenvalue weighted by molar-refractivity contribution is 5.66. The summed E-state index contributed by atoms with van der Waals surface area (Å²) in [4.78, 5) is 10.3. The van der Waals surface area contributed by atoms with Crippen LogP contribution in [0, 0.1) is 0 Å². The molecule has 0 aliphatic heterocycles. The van der Waals surface area contributed by atoms with Gasteiger partial charge in [0.1, 0.15) is 5.82 Å². The van der Waals surface area contributed by atoms with Crippen molar-refractivity contribution in [1.82, 2.24) is 14.4 Å². The summed E-state index contributed by atoms with van der Waals surface area (Å²) in [5, 5.41) is 9.81. The minimum absolute atomic E-state index is 0.424. The molecule has 0 bridgehead atoms. The summed E-state index contributed by atoms with van der Waals surface area (Å²) in [6, 6.07) is 0. The van der Waals surface area contributed by atoms with Crippen LogP contribution in [0.15, 0.2) is 18.6 Å². The standard InChI is InChI=1S/C11H17N5O/c1-11(2,17)7-15(3)10-9-13-4-5-16(9)6-8(12)14-10/h4-6,17H,7,12H2,1-3H3. The molecule has 92 valence electrons. The first-order chi connectivity index (χ1) is 7.87. The molecule has 17 heavy (non-hydrogen) atoms. The van der Waals surface area contributed by atoms with Gasteiger partial charge in [0.15, 0.2) is 11.5 Å². The zero-order chi connectivity index (χ0) is 12.6. The van der Waals surface area contributed by atoms with E-state index in [-0.39, 0.29) is 0 Å². The lowest BCUT2D eigenvalue weighted by Gasteiger charge is -2.26. The monoisotopic (exact) mass is 235 g/mol. The minimum atomic E-state index is -0.801. The number of hydrogen-bond acceptors (Lipinski definition) is 5. The van der Waals surface area contributed by atoms with Crippen molar-refractivity contribution < 1.29 is 5.11 Å². The van der Waals surface area contributed by atoms with Crippen LogP contribution in [0.5, 0.6) is 0 Å². The van der Waals surface area contributed by atoms with Gasteiger partial charge >= 0.3 is 0 Å². The molecule has 0 spiro atoms. The molecule has 2 aromatic heterocycles. The van der Waals surface area contributed by atoms with E-state index < -0.39 is 5.60 Å². The molecule has 0 aliphatic rings. The van der Waals surface area contributed by atoms with Crippen LogP contribution in [0.4, 0.5) is 11.6 Å². The second-order valence-electron chi connectivity index (χ2n) is 4.82. The van der Waals surface area contributed by atoms with Gasteiger partial charge in [-0.05, 0) is 13.8 Å². The lowest BCUT2D eigenvalue weighted by molar-refractivity contribution is 0.0885. The Hall–Kier alpha value is -1.82. The summed E-state index contributed by atoms with van der Waals surface area (Å²) in [7, 11) is 1.86. The summed E-state index contributed by atoms with van der Waals surface area (Å²) in [5.41, 5.74) is 5.66. The van der Waals surface area contributed by atoms with E-state index in [1.807, 2.05) is 22.5 Å². The van der Waals surface area contributed by atoms with Crippen molar-refractivity contribution in [2.24, 2.45) is 0 Å². The molecule has 0 unspecified atom stereocenters. The minimum Gasteiger partial charge on any atom is -0.389 e. The summed E-state index contributed by atoms with van der Waals surface area (Å²) in [6.45, 7) is 3.95. The largest absolute Gasteiger partial charge is 0.389 e. The fourth-order valence-electron chi connectivity index (χ4n) is 1.85. The molecule has 0 aliphatic carbocycles. The molecule has 6 nitrogen and oxygen atoms in total. The van der Waals surface area contributed by atoms with Gasteiger partial charge in [-0.15, -0.1) is 0 Å². The van der Waals surface area contributed by atoms with Gasteiger partial charge in [-0.1, -0.05) is 0 Å². The van der Waals surface area contributed by atoms with Gasteiger partial charge < -0.3 is 20.1 Å². The van der Waals surface area contributed by atoms with Gasteiger partial charge in [-0.25, -0.2) is 9.97 Å². The van der Waals surface area contributed by atoms with Gasteiger partial charge in [0, 0.05) is 26.0 Å². The van der Waals surface area contributed by atoms with E-state index in [0.717, 1.165) is 5.65 Å². The van der Waals surface area contributed by atoms with Crippen LogP contribution in [0.1, 0.15) is 13.8 Å². The lowest BCUT2D eigenvalue weighted by Crippen LogP contribution is -2.37. The van der Waals surface area contributed by atoms with E-state index in [1.54, 1.807) is 26.2 Å². The molecule has 0 atom stereocenters. The number of fused-ring (bicyclic) bond motifs is 1. The Morgan fingerprint density at radius 1 is 1.53 bits per heavy atom. The highest BCUT2D eigenvalue weighted by Gasteiger charge is 2.19. The highest BCUT2D eigenvalue weighted by atomic mass is 16.3. The Balaban J connectivity index is 2.43. The average molecular weight is 235 g/mol. The molecule has 0 saturated heterocycles. The number of aromatic nitrogens is 3. The van der Waals surface area contributed by atoms with Crippen LogP contribution in [-0.4, -0.2) is 38.7 Å². The average Bonchev–Trinajstić information content (AvgIpc) is 2.60. The Bertz CT molecular complexity index is 528. The van der Waals surface area contributed by atoms with Crippen molar-refractivity contribution in [3.8, 4) is 0 Å². The fourth-order valence-corrected chi connectivity index (χ4v) is 1.85. The van der Waals surface area contributed by atoms with Crippen LogP contribution in [0.3, 0.4) is 0 Å². The maximum absolute atomic E-state index is 9.81. The van der Waals surface area contributed by atoms with Gasteiger partial charge in [-0.2, -0.15) is 0 Å². The number of nitrogens with zero attached hydrogens (tertiary/aromatic N) is 4. The SMILES string of the molecule is CN(CC(C)(C)O)c1nc(N)cn2ccnc12. The number of likely N-dealkylation sites (N-methyl/N-ethyl adjacent to an activating group) is 1. The van der Waals surface area contributed by atoms with Crippen LogP contribution in [-0.2, 0) is 0 Å². The van der Waals surface area contributed by atoms with Gasteiger partial charge in [-0.3, -0.25) is 0 Å². The van der Waals surface area contributed by atoms with Crippen molar-refractivity contribution in [2.75, 3.05) is 24.2 Å². The van der Waals surface area contributed by atoms with Crippen LogP contribution < -0.4 is 10.6 Å². The second-order valence-corrected chi connectivity index (χ2v) is 4.82. The van der Waals surface area contributed by atoms with Crippen molar-refractivity contribution in [3.05, 3.63) is 18.6 Å². The number of nitrogens with two attached hydrogens (primary N) is 1. The van der Waals surface area contributed by atoms with Crippen molar-refractivity contribution in [3.63, 3.8) is 0 Å². The molecule has 3 N–H and O–H groups in total. The van der Waals surface area contributed by atoms with Crippen molar-refractivity contribution in [1.29, 1.82) is 0 Å². The highest BCUT2D eigenvalue weighted by Crippen LogP contribution is 2.19. The normalized spacial score (nSPS) is 12.0. The number of anilines is 2. The molecule has 2 rings (SSSR count). The molecule has 0 aromatic carbocycles. The zero-order valence-electron chi connectivity index (χ0n) is 10.3. The van der Waals surface area contributed by atoms with Gasteiger partial charge in [0.2, 0.25) is 0 Å². The first-order valence-corrected chi connectivity index (χ1v) is 5.39. The summed E-state index contributed by atoms with van der Waals surface area (Å²) < 4.78 is 1.82. The van der Waals surface area contributed by atoms with E-state index in [1.165, 1.54) is 0 Å². The molecule has 2 heterocycles. The Morgan fingerprint density at radius 2 is 2.24 bits per heavy atom. The second kappa shape index (κ2) is 3.89. The molecular formula is C11H17N5O. The predicted molar refractivity (Wildman–Crippen MR) is 67.0 cm³/mol. The number of hydrogen-bond donors (Lipinski definition) is 2. The molecule has 0 saturated carbocycles. The Morgan fingerprint density at radius 3 is 2.88 bits per heavy atom. The molecule has 6 heteroatoms. The van der Waals surface area contributed by atoms with Crippen molar-refractivity contribution in [2.45, 2.75) is 19.4 Å². The summed E-state index contributed by atoms with van der Waals surface area (Å²) in [6.07, 6.45) is 5.22. The van der Waals surface area contributed by atoms with E-state index in [9.17, 15) is 5.11 Å². The molecule has 2 aromatic rings. The summed E-state index contributed by atoms with van der Waals surface area (Å²) >= 11 is 0. The van der Waals surface area contributed by atoms with Crippen LogP contribution in [0.2, 0.25) is 0 Å². The smallest absolute Gasteiger partial charge is 0.180 e. The molecule has 0 radical (unpaired) electrons. The quantitative estimate of drug-likeness (QED) is 0.810. The maximum Gasteiger partial charge on any atom is 0.180 e. The third kappa shape index (κ3) is 2.47. The van der Waals surface area contributed by atoms with E-state index >= 15 is 0 Å². The Kier molecular flexibility index (Phi) is 2.66. The number of aliphatic hydroxyl groups is 1. The first kappa shape index (κ1) is 11.7. The zero-order valence-corrected chi connectivity index (χ0v) is 10.3. The first-order valence-electron chi connectivity index (χ1n) is 5.39. The van der Waals surface area contributed by atoms with E-state index in [0.29, 0.717) is 18.2 Å². The van der Waals surface area contributed by atoms with E-state index in [4.69, 9.17) is 5.73 Å². The number of rotatable bonds is 3. The predicted octanol–water partition coefficient (Wildman–Crippen LogP) is 0.519. The number of imidazole rings is 1. The Labute approximate surface area is 99.7 Å². The van der Waals surface area contributed by atoms with Crippen molar-refractivity contribution >= 4 is 17.3 Å². The lowest BCUT2D eigenvalue weighted by atomic mass is 10.1. The van der Waals surface area contributed by atoms with Gasteiger partial charge in [0.25, 0.3) is 0 Å². The number of nitrogen functional groups attached to an aromatic ring is 1. The fraction of sp³-hybridized carbons (Fsp3) is 0.455. The third-order valence-electron chi connectivity index (χ3n) is 2.36. The van der Waals surface area contributed by atoms with Crippen LogP contribution >= 0.6 is 0 Å². The third-order valence-corrected chi connectivity index (χ3v) is 2.36. The topological polar surface area (TPSA) is 79.7 Å². The maximum atomic E-state index is 9.81. The molecule has 0 fully saturated rings. The van der Waals surface area contributed by atoms with Gasteiger partial charge in [0.05, 0.1) is 11.8 Å². The summed E-state index contributed by atoms with van der Waals surface area (Å²) in [5.74, 6) is 1.09. The van der Waals surface area contributed by atoms with E-state index in [2.05, 4.69) is 9.97 Å². The molecule has 0 amide bonds. The molecular weight excluding hydrogens is 218 g/mol.